The highest BCUT2D eigenvalue weighted by Crippen LogP contribution is 2.20. The lowest BCUT2D eigenvalue weighted by molar-refractivity contribution is -0.141. The summed E-state index contributed by atoms with van der Waals surface area (Å²) in [6, 6.07) is 7.01. The Hall–Kier alpha value is -3.42. The summed E-state index contributed by atoms with van der Waals surface area (Å²) in [5.41, 5.74) is 2.56. The van der Waals surface area contributed by atoms with Gasteiger partial charge in [-0.3, -0.25) is 0 Å². The molecule has 0 aliphatic carbocycles. The molecule has 25 heavy (non-hydrogen) atoms. The number of fused-ring (bicyclic) bond motifs is 2. The molecule has 4 heterocycles. The molecule has 0 aliphatic rings. The number of nitrogens with one attached hydrogen (secondary N) is 2. The summed E-state index contributed by atoms with van der Waals surface area (Å²) in [5, 5.41) is 8.29. The van der Waals surface area contributed by atoms with E-state index in [9.17, 15) is 4.79 Å². The van der Waals surface area contributed by atoms with Crippen LogP contribution in [0, 0.1) is 0 Å². The molecule has 1 atom stereocenters. The van der Waals surface area contributed by atoms with Gasteiger partial charge in [0, 0.05) is 30.4 Å². The van der Waals surface area contributed by atoms with Crippen LogP contribution >= 0.6 is 0 Å². The molecule has 126 valence electrons. The van der Waals surface area contributed by atoms with Crippen molar-refractivity contribution in [1.29, 1.82) is 0 Å². The number of ether oxygens (including phenoxy) is 1. The standard InChI is InChI=1S/C17H16N6O2/c1-25-17(24)13(8-11-9-19-15-12(11)4-2-6-18-15)22-16-14-5-3-7-23(14)21-10-20-16/h2-7,9-10,13H,8H2,1H3,(H,18,19)(H,20,21,22). The van der Waals surface area contributed by atoms with Crippen molar-refractivity contribution in [2.75, 3.05) is 12.4 Å². The molecule has 0 saturated carbocycles. The number of hydrogen-bond acceptors (Lipinski definition) is 6. The van der Waals surface area contributed by atoms with Crippen molar-refractivity contribution in [3.05, 3.63) is 54.7 Å². The number of carbonyl (C=O) groups excluding carboxylic acids is 1. The number of anilines is 1. The average Bonchev–Trinajstić information content (AvgIpc) is 3.28. The van der Waals surface area contributed by atoms with Gasteiger partial charge in [-0.1, -0.05) is 0 Å². The molecule has 4 rings (SSSR count). The minimum Gasteiger partial charge on any atom is -0.467 e. The Morgan fingerprint density at radius 1 is 1.36 bits per heavy atom. The Morgan fingerprint density at radius 3 is 3.16 bits per heavy atom. The van der Waals surface area contributed by atoms with Gasteiger partial charge in [0.25, 0.3) is 0 Å². The van der Waals surface area contributed by atoms with Gasteiger partial charge in [0.1, 0.15) is 23.5 Å². The number of esters is 1. The fourth-order valence-electron chi connectivity index (χ4n) is 2.88. The second-order valence-electron chi connectivity index (χ2n) is 5.58. The summed E-state index contributed by atoms with van der Waals surface area (Å²) in [4.78, 5) is 23.9. The average molecular weight is 336 g/mol. The van der Waals surface area contributed by atoms with Gasteiger partial charge in [-0.15, -0.1) is 0 Å². The first-order valence-electron chi connectivity index (χ1n) is 7.80. The lowest BCUT2D eigenvalue weighted by Crippen LogP contribution is -2.33. The first kappa shape index (κ1) is 15.1. The maximum Gasteiger partial charge on any atom is 0.328 e. The Labute approximate surface area is 142 Å². The van der Waals surface area contributed by atoms with Crippen LogP contribution in [-0.4, -0.2) is 43.7 Å². The van der Waals surface area contributed by atoms with E-state index in [-0.39, 0.29) is 5.97 Å². The van der Waals surface area contributed by atoms with E-state index in [1.54, 1.807) is 10.7 Å². The molecule has 0 spiro atoms. The Balaban J connectivity index is 1.67. The van der Waals surface area contributed by atoms with E-state index in [0.29, 0.717) is 12.2 Å². The third kappa shape index (κ3) is 2.78. The Morgan fingerprint density at radius 2 is 2.28 bits per heavy atom. The van der Waals surface area contributed by atoms with E-state index in [0.717, 1.165) is 22.1 Å². The van der Waals surface area contributed by atoms with E-state index < -0.39 is 6.04 Å². The molecule has 0 amide bonds. The fourth-order valence-corrected chi connectivity index (χ4v) is 2.88. The van der Waals surface area contributed by atoms with Gasteiger partial charge < -0.3 is 15.0 Å². The van der Waals surface area contributed by atoms with E-state index in [1.165, 1.54) is 13.4 Å². The number of methoxy groups -OCH3 is 1. The summed E-state index contributed by atoms with van der Waals surface area (Å²) in [6.45, 7) is 0. The predicted molar refractivity (Wildman–Crippen MR) is 92.2 cm³/mol. The van der Waals surface area contributed by atoms with Crippen LogP contribution in [0.3, 0.4) is 0 Å². The summed E-state index contributed by atoms with van der Waals surface area (Å²) >= 11 is 0. The zero-order chi connectivity index (χ0) is 17.2. The van der Waals surface area contributed by atoms with Crippen LogP contribution in [0.1, 0.15) is 5.56 Å². The summed E-state index contributed by atoms with van der Waals surface area (Å²) < 4.78 is 6.66. The maximum atomic E-state index is 12.3. The number of pyridine rings is 1. The SMILES string of the molecule is COC(=O)C(Cc1c[nH]c2ncccc12)Nc1ncnn2cccc12. The highest BCUT2D eigenvalue weighted by Gasteiger charge is 2.22. The van der Waals surface area contributed by atoms with Crippen LogP contribution in [0.4, 0.5) is 5.82 Å². The minimum absolute atomic E-state index is 0.360. The second kappa shape index (κ2) is 6.23. The second-order valence-corrected chi connectivity index (χ2v) is 5.58. The smallest absolute Gasteiger partial charge is 0.328 e. The van der Waals surface area contributed by atoms with Crippen molar-refractivity contribution in [3.63, 3.8) is 0 Å². The molecule has 2 N–H and O–H groups in total. The molecular weight excluding hydrogens is 320 g/mol. The van der Waals surface area contributed by atoms with Crippen LogP contribution in [0.2, 0.25) is 0 Å². The molecule has 0 radical (unpaired) electrons. The topological polar surface area (TPSA) is 97.2 Å². The molecule has 0 bridgehead atoms. The monoisotopic (exact) mass is 336 g/mol. The molecule has 8 nitrogen and oxygen atoms in total. The minimum atomic E-state index is -0.585. The third-order valence-corrected chi connectivity index (χ3v) is 4.09. The van der Waals surface area contributed by atoms with Gasteiger partial charge >= 0.3 is 5.97 Å². The molecule has 0 aliphatic heterocycles. The van der Waals surface area contributed by atoms with Crippen molar-refractivity contribution in [3.8, 4) is 0 Å². The fraction of sp³-hybridized carbons (Fsp3) is 0.176. The number of carbonyl (C=O) groups is 1. The number of H-pyrrole nitrogens is 1. The number of aromatic nitrogens is 5. The van der Waals surface area contributed by atoms with Crippen LogP contribution in [-0.2, 0) is 16.0 Å². The van der Waals surface area contributed by atoms with Crippen molar-refractivity contribution >= 4 is 28.3 Å². The van der Waals surface area contributed by atoms with E-state index in [1.807, 2.05) is 36.7 Å². The Kier molecular flexibility index (Phi) is 3.77. The Bertz CT molecular complexity index is 1040. The zero-order valence-corrected chi connectivity index (χ0v) is 13.5. The van der Waals surface area contributed by atoms with Gasteiger partial charge in [0.2, 0.25) is 0 Å². The molecule has 0 aromatic carbocycles. The maximum absolute atomic E-state index is 12.3. The van der Waals surface area contributed by atoms with E-state index in [2.05, 4.69) is 25.4 Å². The lowest BCUT2D eigenvalue weighted by atomic mass is 10.1. The number of nitrogens with zero attached hydrogens (tertiary/aromatic N) is 4. The lowest BCUT2D eigenvalue weighted by Gasteiger charge is -2.17. The van der Waals surface area contributed by atoms with Gasteiger partial charge in [-0.2, -0.15) is 5.10 Å². The van der Waals surface area contributed by atoms with E-state index >= 15 is 0 Å². The first-order valence-corrected chi connectivity index (χ1v) is 7.80. The molecule has 4 aromatic rings. The normalized spacial score (nSPS) is 12.4. The highest BCUT2D eigenvalue weighted by molar-refractivity contribution is 5.84. The van der Waals surface area contributed by atoms with Gasteiger partial charge in [-0.25, -0.2) is 19.3 Å². The summed E-state index contributed by atoms with van der Waals surface area (Å²) in [6.07, 6.45) is 7.29. The largest absolute Gasteiger partial charge is 0.467 e. The van der Waals surface area contributed by atoms with Gasteiger partial charge in [-0.05, 0) is 29.8 Å². The molecule has 1 unspecified atom stereocenters. The van der Waals surface area contributed by atoms with Crippen LogP contribution in [0.25, 0.3) is 16.6 Å². The molecule has 8 heteroatoms. The zero-order valence-electron chi connectivity index (χ0n) is 13.5. The molecule has 4 aromatic heterocycles. The van der Waals surface area contributed by atoms with Crippen molar-refractivity contribution in [1.82, 2.24) is 24.6 Å². The highest BCUT2D eigenvalue weighted by atomic mass is 16.5. The number of aromatic amines is 1. The number of hydrogen-bond donors (Lipinski definition) is 2. The molecular formula is C17H16N6O2. The van der Waals surface area contributed by atoms with Gasteiger partial charge in [0.05, 0.1) is 7.11 Å². The van der Waals surface area contributed by atoms with Crippen LogP contribution in [0.5, 0.6) is 0 Å². The van der Waals surface area contributed by atoms with Crippen LogP contribution < -0.4 is 5.32 Å². The third-order valence-electron chi connectivity index (χ3n) is 4.09. The summed E-state index contributed by atoms with van der Waals surface area (Å²) in [5.74, 6) is 0.218. The first-order chi connectivity index (χ1) is 12.3. The number of rotatable bonds is 5. The van der Waals surface area contributed by atoms with Crippen molar-refractivity contribution < 1.29 is 9.53 Å². The van der Waals surface area contributed by atoms with Crippen molar-refractivity contribution in [2.24, 2.45) is 0 Å². The van der Waals surface area contributed by atoms with E-state index in [4.69, 9.17) is 4.74 Å². The van der Waals surface area contributed by atoms with Gasteiger partial charge in [0.15, 0.2) is 5.82 Å². The quantitative estimate of drug-likeness (QED) is 0.539. The van der Waals surface area contributed by atoms with Crippen LogP contribution in [0.15, 0.2) is 49.2 Å². The predicted octanol–water partition coefficient (Wildman–Crippen LogP) is 1.80. The summed E-state index contributed by atoms with van der Waals surface area (Å²) in [7, 11) is 1.38. The molecule has 0 saturated heterocycles. The molecule has 0 fully saturated rings. The van der Waals surface area contributed by atoms with Crippen molar-refractivity contribution in [2.45, 2.75) is 12.5 Å².